The van der Waals surface area contributed by atoms with Crippen LogP contribution in [0.25, 0.3) is 11.0 Å². The summed E-state index contributed by atoms with van der Waals surface area (Å²) >= 11 is 0. The predicted molar refractivity (Wildman–Crippen MR) is 138 cm³/mol. The number of esters is 1. The quantitative estimate of drug-likeness (QED) is 0.633. The minimum absolute atomic E-state index is 0.0253. The van der Waals surface area contributed by atoms with Crippen molar-refractivity contribution < 1.29 is 14.3 Å². The van der Waals surface area contributed by atoms with Gasteiger partial charge in [-0.25, -0.2) is 9.78 Å². The van der Waals surface area contributed by atoms with Crippen molar-refractivity contribution >= 4 is 22.9 Å². The van der Waals surface area contributed by atoms with Gasteiger partial charge in [-0.15, -0.1) is 0 Å². The van der Waals surface area contributed by atoms with Crippen molar-refractivity contribution in [2.75, 3.05) is 7.11 Å². The van der Waals surface area contributed by atoms with Crippen LogP contribution in [0.15, 0.2) is 29.1 Å². The van der Waals surface area contributed by atoms with Crippen LogP contribution in [0, 0.1) is 0 Å². The predicted octanol–water partition coefficient (Wildman–Crippen LogP) is 3.97. The third kappa shape index (κ3) is 4.80. The molecule has 1 N–H and O–H groups in total. The maximum atomic E-state index is 13.8. The minimum atomic E-state index is -0.869. The molecule has 1 amide bonds. The number of nitrogens with one attached hydrogen (secondary N) is 1. The van der Waals surface area contributed by atoms with Crippen LogP contribution in [0.3, 0.4) is 0 Å². The summed E-state index contributed by atoms with van der Waals surface area (Å²) < 4.78 is 6.53. The van der Waals surface area contributed by atoms with E-state index >= 15 is 0 Å². The zero-order valence-corrected chi connectivity index (χ0v) is 21.4. The smallest absolute Gasteiger partial charge is 0.328 e. The average molecular weight is 495 g/mol. The van der Waals surface area contributed by atoms with E-state index in [4.69, 9.17) is 4.74 Å². The van der Waals surface area contributed by atoms with Crippen LogP contribution in [0.5, 0.6) is 0 Å². The molecular formula is C28H38N4O4. The highest BCUT2D eigenvalue weighted by molar-refractivity contribution is 5.96. The Morgan fingerprint density at radius 3 is 2.25 bits per heavy atom. The number of carbonyl (C=O) groups excluding carboxylic acids is 2. The highest BCUT2D eigenvalue weighted by Crippen LogP contribution is 2.44. The normalized spacial score (nSPS) is 26.2. The molecule has 3 aliphatic rings. The van der Waals surface area contributed by atoms with Gasteiger partial charge in [-0.2, -0.15) is 0 Å². The second-order valence-corrected chi connectivity index (χ2v) is 10.8. The average Bonchev–Trinajstić information content (AvgIpc) is 3.11. The number of piperidine rings is 1. The SMILES string of the molecule is COC(=O)C(C)NC(=O)c1nc2ccccc2n(C2C[C@H]3CC[C@@H](C2)N3C2CCCCCCC2)c1=O. The first-order valence-electron chi connectivity index (χ1n) is 13.7. The number of hydrogen-bond donors (Lipinski definition) is 1. The fourth-order valence-electron chi connectivity index (χ4n) is 6.89. The summed E-state index contributed by atoms with van der Waals surface area (Å²) in [4.78, 5) is 45.8. The molecule has 0 radical (unpaired) electrons. The van der Waals surface area contributed by atoms with Gasteiger partial charge in [0.1, 0.15) is 6.04 Å². The first kappa shape index (κ1) is 24.9. The van der Waals surface area contributed by atoms with E-state index in [9.17, 15) is 14.4 Å². The highest BCUT2D eigenvalue weighted by Gasteiger charge is 2.44. The number of aromatic nitrogens is 2. The van der Waals surface area contributed by atoms with Crippen LogP contribution in [0.2, 0.25) is 0 Å². The Kier molecular flexibility index (Phi) is 7.42. The molecule has 8 nitrogen and oxygen atoms in total. The molecule has 2 saturated heterocycles. The first-order chi connectivity index (χ1) is 17.5. The number of carbonyl (C=O) groups is 2. The number of amides is 1. The Morgan fingerprint density at radius 1 is 0.944 bits per heavy atom. The lowest BCUT2D eigenvalue weighted by molar-refractivity contribution is -0.142. The molecule has 1 aromatic heterocycles. The molecule has 2 bridgehead atoms. The molecule has 0 spiro atoms. The monoisotopic (exact) mass is 494 g/mol. The molecule has 2 aromatic rings. The van der Waals surface area contributed by atoms with Crippen molar-refractivity contribution in [1.82, 2.24) is 19.8 Å². The van der Waals surface area contributed by atoms with E-state index in [2.05, 4.69) is 15.2 Å². The minimum Gasteiger partial charge on any atom is -0.467 e. The number of ether oxygens (including phenoxy) is 1. The summed E-state index contributed by atoms with van der Waals surface area (Å²) in [6.07, 6.45) is 13.5. The summed E-state index contributed by atoms with van der Waals surface area (Å²) in [5.74, 6) is -1.21. The van der Waals surface area contributed by atoms with E-state index in [1.165, 1.54) is 71.8 Å². The van der Waals surface area contributed by atoms with Gasteiger partial charge < -0.3 is 14.6 Å². The topological polar surface area (TPSA) is 93.5 Å². The van der Waals surface area contributed by atoms with Crippen LogP contribution in [-0.2, 0) is 9.53 Å². The standard InChI is InChI=1S/C28H38N4O4/c1-18(28(35)36-2)29-26(33)25-27(34)32(24-13-9-8-12-23(24)30-25)22-16-20-14-15-21(17-22)31(20)19-10-6-4-3-5-7-11-19/h8-9,12-13,18-22H,3-7,10-11,14-17H2,1-2H3,(H,29,33)/t18?,20-,21+,22?. The number of hydrogen-bond acceptors (Lipinski definition) is 6. The van der Waals surface area contributed by atoms with Gasteiger partial charge in [0.05, 0.1) is 18.1 Å². The van der Waals surface area contributed by atoms with Gasteiger partial charge in [-0.1, -0.05) is 44.2 Å². The van der Waals surface area contributed by atoms with E-state index in [1.54, 1.807) is 0 Å². The molecule has 1 saturated carbocycles. The van der Waals surface area contributed by atoms with E-state index in [0.29, 0.717) is 23.6 Å². The summed E-state index contributed by atoms with van der Waals surface area (Å²) in [6.45, 7) is 1.53. The van der Waals surface area contributed by atoms with Crippen LogP contribution >= 0.6 is 0 Å². The van der Waals surface area contributed by atoms with Gasteiger partial charge in [0, 0.05) is 24.2 Å². The highest BCUT2D eigenvalue weighted by atomic mass is 16.5. The van der Waals surface area contributed by atoms with E-state index < -0.39 is 17.9 Å². The number of benzene rings is 1. The molecule has 194 valence electrons. The summed E-state index contributed by atoms with van der Waals surface area (Å²) in [5, 5.41) is 2.58. The zero-order chi connectivity index (χ0) is 25.2. The van der Waals surface area contributed by atoms with E-state index in [0.717, 1.165) is 18.4 Å². The van der Waals surface area contributed by atoms with Crippen molar-refractivity contribution in [2.24, 2.45) is 0 Å². The van der Waals surface area contributed by atoms with Crippen LogP contribution in [0.4, 0.5) is 0 Å². The number of para-hydroxylation sites is 2. The molecule has 5 rings (SSSR count). The third-order valence-electron chi connectivity index (χ3n) is 8.54. The number of methoxy groups -OCH3 is 1. The van der Waals surface area contributed by atoms with Crippen LogP contribution in [-0.4, -0.2) is 57.6 Å². The number of fused-ring (bicyclic) bond motifs is 3. The van der Waals surface area contributed by atoms with Crippen molar-refractivity contribution in [2.45, 2.75) is 108 Å². The summed E-state index contributed by atoms with van der Waals surface area (Å²) in [7, 11) is 1.27. The van der Waals surface area contributed by atoms with Crippen molar-refractivity contribution in [3.8, 4) is 0 Å². The lowest BCUT2D eigenvalue weighted by atomic mass is 9.89. The second-order valence-electron chi connectivity index (χ2n) is 10.8. The Labute approximate surface area is 212 Å². The van der Waals surface area contributed by atoms with E-state index in [1.807, 2.05) is 28.8 Å². The Hall–Kier alpha value is -2.74. The first-order valence-corrected chi connectivity index (χ1v) is 13.7. The largest absolute Gasteiger partial charge is 0.467 e. The maximum absolute atomic E-state index is 13.8. The molecule has 2 aliphatic heterocycles. The van der Waals surface area contributed by atoms with Crippen molar-refractivity contribution in [3.05, 3.63) is 40.3 Å². The molecule has 3 fully saturated rings. The van der Waals surface area contributed by atoms with Crippen molar-refractivity contribution in [1.29, 1.82) is 0 Å². The lowest BCUT2D eigenvalue weighted by Gasteiger charge is -2.45. The van der Waals surface area contributed by atoms with Gasteiger partial charge in [-0.3, -0.25) is 14.5 Å². The fraction of sp³-hybridized carbons (Fsp3) is 0.643. The summed E-state index contributed by atoms with van der Waals surface area (Å²) in [5.41, 5.74) is 0.831. The van der Waals surface area contributed by atoms with Gasteiger partial charge in [-0.05, 0) is 57.6 Å². The third-order valence-corrected chi connectivity index (χ3v) is 8.54. The lowest BCUT2D eigenvalue weighted by Crippen LogP contribution is -2.50. The Morgan fingerprint density at radius 2 is 1.58 bits per heavy atom. The Balaban J connectivity index is 1.45. The molecule has 4 atom stereocenters. The van der Waals surface area contributed by atoms with Crippen LogP contribution < -0.4 is 10.9 Å². The number of rotatable bonds is 5. The van der Waals surface area contributed by atoms with Gasteiger partial charge in [0.15, 0.2) is 5.69 Å². The second kappa shape index (κ2) is 10.7. The van der Waals surface area contributed by atoms with E-state index in [-0.39, 0.29) is 17.3 Å². The molecular weight excluding hydrogens is 456 g/mol. The molecule has 2 unspecified atom stereocenters. The van der Waals surface area contributed by atoms with Crippen LogP contribution in [0.1, 0.15) is 94.1 Å². The molecule has 1 aliphatic carbocycles. The van der Waals surface area contributed by atoms with Gasteiger partial charge in [0.2, 0.25) is 0 Å². The maximum Gasteiger partial charge on any atom is 0.328 e. The zero-order valence-electron chi connectivity index (χ0n) is 21.4. The van der Waals surface area contributed by atoms with Gasteiger partial charge >= 0.3 is 5.97 Å². The molecule has 1 aromatic carbocycles. The summed E-state index contributed by atoms with van der Waals surface area (Å²) in [6, 6.07) is 8.32. The van der Waals surface area contributed by atoms with Crippen molar-refractivity contribution in [3.63, 3.8) is 0 Å². The molecule has 3 heterocycles. The fourth-order valence-corrected chi connectivity index (χ4v) is 6.89. The molecule has 8 heteroatoms. The number of nitrogens with zero attached hydrogens (tertiary/aromatic N) is 3. The molecule has 36 heavy (non-hydrogen) atoms. The Bertz CT molecular complexity index is 1160. The van der Waals surface area contributed by atoms with Gasteiger partial charge in [0.25, 0.3) is 11.5 Å².